The van der Waals surface area contributed by atoms with Crippen molar-refractivity contribution in [1.29, 1.82) is 0 Å². The second-order valence-corrected chi connectivity index (χ2v) is 7.85. The smallest absolute Gasteiger partial charge is 0.163 e. The molecule has 0 heterocycles. The molecule has 0 saturated heterocycles. The van der Waals surface area contributed by atoms with E-state index in [1.807, 2.05) is 54.6 Å². The van der Waals surface area contributed by atoms with Crippen molar-refractivity contribution >= 4 is 34.8 Å². The predicted molar refractivity (Wildman–Crippen MR) is 121 cm³/mol. The van der Waals surface area contributed by atoms with Crippen LogP contribution in [0.15, 0.2) is 60.7 Å². The summed E-state index contributed by atoms with van der Waals surface area (Å²) in [5.74, 6) is 1.24. The number of methoxy groups -OCH3 is 1. The monoisotopic (exact) mass is 449 g/mol. The van der Waals surface area contributed by atoms with E-state index >= 15 is 0 Å². The largest absolute Gasteiger partial charge is 0.493 e. The van der Waals surface area contributed by atoms with E-state index < -0.39 is 0 Å². The SMILES string of the molecule is COc1cc(CNCCc2ccc(Cl)cc2)c(Cl)cc1OCc1cccc(Cl)c1. The highest BCUT2D eigenvalue weighted by atomic mass is 35.5. The lowest BCUT2D eigenvalue weighted by Crippen LogP contribution is -2.17. The van der Waals surface area contributed by atoms with Crippen LogP contribution < -0.4 is 14.8 Å². The van der Waals surface area contributed by atoms with Crippen LogP contribution in [0.25, 0.3) is 0 Å². The molecule has 0 aliphatic carbocycles. The van der Waals surface area contributed by atoms with Crippen molar-refractivity contribution in [3.63, 3.8) is 0 Å². The first-order valence-corrected chi connectivity index (χ1v) is 10.4. The van der Waals surface area contributed by atoms with E-state index in [2.05, 4.69) is 5.32 Å². The van der Waals surface area contributed by atoms with Crippen molar-refractivity contribution in [1.82, 2.24) is 5.32 Å². The summed E-state index contributed by atoms with van der Waals surface area (Å²) < 4.78 is 11.4. The molecule has 1 N–H and O–H groups in total. The number of rotatable bonds is 9. The maximum Gasteiger partial charge on any atom is 0.163 e. The minimum Gasteiger partial charge on any atom is -0.493 e. The summed E-state index contributed by atoms with van der Waals surface area (Å²) in [5.41, 5.74) is 3.16. The first-order valence-electron chi connectivity index (χ1n) is 9.24. The zero-order valence-electron chi connectivity index (χ0n) is 16.1. The Balaban J connectivity index is 1.57. The topological polar surface area (TPSA) is 30.5 Å². The summed E-state index contributed by atoms with van der Waals surface area (Å²) in [6.45, 7) is 1.84. The fraction of sp³-hybridized carbons (Fsp3) is 0.217. The van der Waals surface area contributed by atoms with E-state index in [4.69, 9.17) is 44.3 Å². The zero-order valence-corrected chi connectivity index (χ0v) is 18.3. The Morgan fingerprint density at radius 2 is 1.62 bits per heavy atom. The lowest BCUT2D eigenvalue weighted by molar-refractivity contribution is 0.284. The second-order valence-electron chi connectivity index (χ2n) is 6.57. The van der Waals surface area contributed by atoms with Gasteiger partial charge in [0, 0.05) is 27.7 Å². The van der Waals surface area contributed by atoms with Crippen LogP contribution in [0.1, 0.15) is 16.7 Å². The lowest BCUT2D eigenvalue weighted by Gasteiger charge is -2.14. The summed E-state index contributed by atoms with van der Waals surface area (Å²) in [5, 5.41) is 5.47. The Morgan fingerprint density at radius 1 is 0.828 bits per heavy atom. The van der Waals surface area contributed by atoms with Gasteiger partial charge in [-0.15, -0.1) is 0 Å². The molecule has 0 saturated carbocycles. The van der Waals surface area contributed by atoms with Crippen LogP contribution in [0, 0.1) is 0 Å². The molecular weight excluding hydrogens is 429 g/mol. The van der Waals surface area contributed by atoms with Crippen LogP contribution in [0.4, 0.5) is 0 Å². The van der Waals surface area contributed by atoms with Crippen LogP contribution in [-0.4, -0.2) is 13.7 Å². The van der Waals surface area contributed by atoms with Gasteiger partial charge in [0.2, 0.25) is 0 Å². The van der Waals surface area contributed by atoms with Crippen LogP contribution in [0.3, 0.4) is 0 Å². The molecule has 0 aliphatic heterocycles. The first kappa shape index (κ1) is 21.8. The molecule has 0 spiro atoms. The van der Waals surface area contributed by atoms with Crippen molar-refractivity contribution < 1.29 is 9.47 Å². The number of ether oxygens (including phenoxy) is 2. The Morgan fingerprint density at radius 3 is 2.34 bits per heavy atom. The first-order chi connectivity index (χ1) is 14.0. The Bertz CT molecular complexity index is 945. The Hall–Kier alpha value is -1.91. The predicted octanol–water partition coefficient (Wildman–Crippen LogP) is 6.57. The molecule has 0 radical (unpaired) electrons. The van der Waals surface area contributed by atoms with E-state index in [0.29, 0.717) is 34.7 Å². The number of hydrogen-bond donors (Lipinski definition) is 1. The third-order valence-electron chi connectivity index (χ3n) is 4.44. The maximum atomic E-state index is 6.47. The standard InChI is InChI=1S/C23H22Cl3NO2/c1-28-22-12-18(14-27-10-9-16-5-7-19(24)8-6-16)21(26)13-23(22)29-15-17-3-2-4-20(25)11-17/h2-8,11-13,27H,9-10,14-15H2,1H3. The average Bonchev–Trinajstić information content (AvgIpc) is 2.72. The second kappa shape index (κ2) is 10.7. The van der Waals surface area contributed by atoms with Gasteiger partial charge < -0.3 is 14.8 Å². The van der Waals surface area contributed by atoms with Crippen molar-refractivity contribution in [3.8, 4) is 11.5 Å². The molecule has 0 aromatic heterocycles. The van der Waals surface area contributed by atoms with E-state index in [0.717, 1.165) is 29.1 Å². The molecule has 0 unspecified atom stereocenters. The van der Waals surface area contributed by atoms with Crippen LogP contribution >= 0.6 is 34.8 Å². The van der Waals surface area contributed by atoms with Crippen molar-refractivity contribution in [2.45, 2.75) is 19.6 Å². The van der Waals surface area contributed by atoms with Gasteiger partial charge in [0.05, 0.1) is 7.11 Å². The highest BCUT2D eigenvalue weighted by Gasteiger charge is 2.11. The van der Waals surface area contributed by atoms with Gasteiger partial charge in [0.15, 0.2) is 11.5 Å². The normalized spacial score (nSPS) is 10.8. The van der Waals surface area contributed by atoms with E-state index in [1.54, 1.807) is 13.2 Å². The zero-order chi connectivity index (χ0) is 20.6. The van der Waals surface area contributed by atoms with Crippen LogP contribution in [0.5, 0.6) is 11.5 Å². The van der Waals surface area contributed by atoms with Gasteiger partial charge >= 0.3 is 0 Å². The third kappa shape index (κ3) is 6.55. The molecule has 0 amide bonds. The quantitative estimate of drug-likeness (QED) is 0.374. The minimum absolute atomic E-state index is 0.381. The number of benzene rings is 3. The van der Waals surface area contributed by atoms with Gasteiger partial charge in [-0.25, -0.2) is 0 Å². The summed E-state index contributed by atoms with van der Waals surface area (Å²) >= 11 is 18.4. The van der Waals surface area contributed by atoms with E-state index in [1.165, 1.54) is 5.56 Å². The van der Waals surface area contributed by atoms with Gasteiger partial charge in [-0.1, -0.05) is 59.1 Å². The van der Waals surface area contributed by atoms with Crippen LogP contribution in [-0.2, 0) is 19.6 Å². The van der Waals surface area contributed by atoms with E-state index in [9.17, 15) is 0 Å². The van der Waals surface area contributed by atoms with Gasteiger partial charge in [-0.2, -0.15) is 0 Å². The van der Waals surface area contributed by atoms with E-state index in [-0.39, 0.29) is 0 Å². The van der Waals surface area contributed by atoms with Crippen LogP contribution in [0.2, 0.25) is 15.1 Å². The molecule has 0 aliphatic rings. The molecule has 3 nitrogen and oxygen atoms in total. The average molecular weight is 451 g/mol. The fourth-order valence-corrected chi connectivity index (χ4v) is 3.44. The molecule has 6 heteroatoms. The summed E-state index contributed by atoms with van der Waals surface area (Å²) in [7, 11) is 1.62. The fourth-order valence-electron chi connectivity index (χ4n) is 2.88. The Kier molecular flexibility index (Phi) is 8.08. The molecule has 3 rings (SSSR count). The number of hydrogen-bond acceptors (Lipinski definition) is 3. The third-order valence-corrected chi connectivity index (χ3v) is 5.27. The molecule has 3 aromatic rings. The van der Waals surface area contributed by atoms with Gasteiger partial charge in [-0.3, -0.25) is 0 Å². The Labute approximate surface area is 186 Å². The van der Waals surface area contributed by atoms with Crippen molar-refractivity contribution in [2.24, 2.45) is 0 Å². The van der Waals surface area contributed by atoms with Crippen molar-refractivity contribution in [3.05, 3.63) is 92.4 Å². The molecule has 0 atom stereocenters. The number of halogens is 3. The summed E-state index contributed by atoms with van der Waals surface area (Å²) in [6.07, 6.45) is 0.909. The van der Waals surface area contributed by atoms with Gasteiger partial charge in [0.25, 0.3) is 0 Å². The summed E-state index contributed by atoms with van der Waals surface area (Å²) in [4.78, 5) is 0. The summed E-state index contributed by atoms with van der Waals surface area (Å²) in [6, 6.07) is 19.1. The minimum atomic E-state index is 0.381. The maximum absolute atomic E-state index is 6.47. The highest BCUT2D eigenvalue weighted by molar-refractivity contribution is 6.31. The highest BCUT2D eigenvalue weighted by Crippen LogP contribution is 2.34. The molecule has 29 heavy (non-hydrogen) atoms. The lowest BCUT2D eigenvalue weighted by atomic mass is 10.1. The molecular formula is C23H22Cl3NO2. The molecule has 152 valence electrons. The molecule has 0 bridgehead atoms. The van der Waals surface area contributed by atoms with Gasteiger partial charge in [0.1, 0.15) is 6.61 Å². The number of nitrogens with one attached hydrogen (secondary N) is 1. The molecule has 3 aromatic carbocycles. The van der Waals surface area contributed by atoms with Gasteiger partial charge in [-0.05, 0) is 60.0 Å². The molecule has 0 fully saturated rings. The van der Waals surface area contributed by atoms with Crippen molar-refractivity contribution in [2.75, 3.05) is 13.7 Å².